The Balaban J connectivity index is 1.70. The predicted octanol–water partition coefficient (Wildman–Crippen LogP) is 1.70. The molecule has 0 atom stereocenters. The lowest BCUT2D eigenvalue weighted by Gasteiger charge is -2.48. The second-order valence-electron chi connectivity index (χ2n) is 5.63. The number of likely N-dealkylation sites (tertiary alicyclic amines) is 1. The van der Waals surface area contributed by atoms with Crippen LogP contribution in [0.3, 0.4) is 0 Å². The minimum atomic E-state index is -0.331. The maximum atomic E-state index is 13.4. The summed E-state index contributed by atoms with van der Waals surface area (Å²) in [6.07, 6.45) is 2.36. The number of halogens is 1. The monoisotopic (exact) mass is 248 g/mol. The van der Waals surface area contributed by atoms with Gasteiger partial charge in [-0.15, -0.1) is 0 Å². The van der Waals surface area contributed by atoms with Gasteiger partial charge in [-0.2, -0.15) is 0 Å². The Morgan fingerprint density at radius 1 is 1.44 bits per heavy atom. The maximum Gasteiger partial charge on any atom is 0.254 e. The van der Waals surface area contributed by atoms with E-state index in [0.717, 1.165) is 0 Å². The van der Waals surface area contributed by atoms with Gasteiger partial charge in [-0.05, 0) is 43.4 Å². The summed E-state index contributed by atoms with van der Waals surface area (Å²) in [6.45, 7) is 2.89. The van der Waals surface area contributed by atoms with Gasteiger partial charge in [0.05, 0.1) is 5.54 Å². The molecule has 18 heavy (non-hydrogen) atoms. The highest BCUT2D eigenvalue weighted by molar-refractivity contribution is 5.95. The van der Waals surface area contributed by atoms with Crippen molar-refractivity contribution in [3.05, 3.63) is 35.1 Å². The fourth-order valence-electron chi connectivity index (χ4n) is 2.63. The third-order valence-electron chi connectivity index (χ3n) is 4.07. The number of hydrogen-bond donors (Lipinski definition) is 1. The maximum absolute atomic E-state index is 13.4. The van der Waals surface area contributed by atoms with Gasteiger partial charge in [-0.3, -0.25) is 4.79 Å². The third kappa shape index (κ3) is 1.81. The standard InChI is InChI=1S/C14H17FN2O/c1-9-2-3-10(6-12(9)15)13(18)17-7-14(16,8-17)11-4-5-11/h2-3,6,11H,4-5,7-8,16H2,1H3. The van der Waals surface area contributed by atoms with Crippen LogP contribution in [0, 0.1) is 18.7 Å². The molecule has 1 aromatic rings. The molecular weight excluding hydrogens is 231 g/mol. The van der Waals surface area contributed by atoms with Crippen LogP contribution in [0.2, 0.25) is 0 Å². The smallest absolute Gasteiger partial charge is 0.254 e. The van der Waals surface area contributed by atoms with Gasteiger partial charge in [0, 0.05) is 18.7 Å². The summed E-state index contributed by atoms with van der Waals surface area (Å²) in [6, 6.07) is 4.62. The van der Waals surface area contributed by atoms with Gasteiger partial charge < -0.3 is 10.6 Å². The van der Waals surface area contributed by atoms with E-state index in [4.69, 9.17) is 5.73 Å². The van der Waals surface area contributed by atoms with E-state index < -0.39 is 0 Å². The van der Waals surface area contributed by atoms with Gasteiger partial charge in [0.25, 0.3) is 5.91 Å². The Morgan fingerprint density at radius 2 is 2.11 bits per heavy atom. The molecule has 2 aliphatic rings. The van der Waals surface area contributed by atoms with E-state index in [1.807, 2.05) is 0 Å². The van der Waals surface area contributed by atoms with Crippen LogP contribution < -0.4 is 5.73 Å². The normalized spacial score (nSPS) is 21.6. The van der Waals surface area contributed by atoms with Crippen molar-refractivity contribution in [3.63, 3.8) is 0 Å². The van der Waals surface area contributed by atoms with Crippen molar-refractivity contribution in [3.8, 4) is 0 Å². The van der Waals surface area contributed by atoms with Crippen LogP contribution >= 0.6 is 0 Å². The molecular formula is C14H17FN2O. The zero-order valence-electron chi connectivity index (χ0n) is 10.4. The molecule has 0 aromatic heterocycles. The van der Waals surface area contributed by atoms with E-state index in [1.54, 1.807) is 24.0 Å². The van der Waals surface area contributed by atoms with Gasteiger partial charge in [0.2, 0.25) is 0 Å². The van der Waals surface area contributed by atoms with Gasteiger partial charge in [-0.1, -0.05) is 6.07 Å². The summed E-state index contributed by atoms with van der Waals surface area (Å²) in [7, 11) is 0. The van der Waals surface area contributed by atoms with Gasteiger partial charge in [0.1, 0.15) is 5.82 Å². The van der Waals surface area contributed by atoms with Gasteiger partial charge in [0.15, 0.2) is 0 Å². The largest absolute Gasteiger partial charge is 0.335 e. The molecule has 1 aliphatic carbocycles. The lowest BCUT2D eigenvalue weighted by Crippen LogP contribution is -2.69. The van der Waals surface area contributed by atoms with E-state index >= 15 is 0 Å². The highest BCUT2D eigenvalue weighted by atomic mass is 19.1. The first-order valence-electron chi connectivity index (χ1n) is 6.34. The fraction of sp³-hybridized carbons (Fsp3) is 0.500. The van der Waals surface area contributed by atoms with E-state index in [-0.39, 0.29) is 17.3 Å². The summed E-state index contributed by atoms with van der Waals surface area (Å²) in [5.74, 6) is 0.134. The second-order valence-corrected chi connectivity index (χ2v) is 5.63. The SMILES string of the molecule is Cc1ccc(C(=O)N2CC(N)(C3CC3)C2)cc1F. The van der Waals surface area contributed by atoms with Crippen LogP contribution in [-0.2, 0) is 0 Å². The highest BCUT2D eigenvalue weighted by Crippen LogP contribution is 2.43. The molecule has 0 unspecified atom stereocenters. The highest BCUT2D eigenvalue weighted by Gasteiger charge is 2.51. The number of amides is 1. The second kappa shape index (κ2) is 3.79. The van der Waals surface area contributed by atoms with Crippen LogP contribution in [0.25, 0.3) is 0 Å². The van der Waals surface area contributed by atoms with Crippen molar-refractivity contribution in [2.75, 3.05) is 13.1 Å². The van der Waals surface area contributed by atoms with Crippen molar-refractivity contribution in [1.29, 1.82) is 0 Å². The van der Waals surface area contributed by atoms with Crippen LogP contribution in [0.5, 0.6) is 0 Å². The Hall–Kier alpha value is -1.42. The van der Waals surface area contributed by atoms with Crippen molar-refractivity contribution < 1.29 is 9.18 Å². The quantitative estimate of drug-likeness (QED) is 0.866. The zero-order valence-corrected chi connectivity index (χ0v) is 10.4. The minimum Gasteiger partial charge on any atom is -0.335 e. The lowest BCUT2D eigenvalue weighted by molar-refractivity contribution is 0.0350. The number of carbonyl (C=O) groups excluding carboxylic acids is 1. The molecule has 1 heterocycles. The summed E-state index contributed by atoms with van der Waals surface area (Å²) >= 11 is 0. The molecule has 1 saturated carbocycles. The van der Waals surface area contributed by atoms with Crippen LogP contribution in [0.4, 0.5) is 4.39 Å². The van der Waals surface area contributed by atoms with Gasteiger partial charge in [-0.25, -0.2) is 4.39 Å². The van der Waals surface area contributed by atoms with Gasteiger partial charge >= 0.3 is 0 Å². The number of benzene rings is 1. The predicted molar refractivity (Wildman–Crippen MR) is 66.7 cm³/mol. The van der Waals surface area contributed by atoms with Crippen molar-refractivity contribution >= 4 is 5.91 Å². The Bertz CT molecular complexity index is 505. The molecule has 1 aliphatic heterocycles. The van der Waals surface area contributed by atoms with Crippen molar-refractivity contribution in [2.24, 2.45) is 11.7 Å². The number of hydrogen-bond acceptors (Lipinski definition) is 2. The minimum absolute atomic E-state index is 0.115. The van der Waals surface area contributed by atoms with E-state index in [2.05, 4.69) is 0 Å². The molecule has 1 amide bonds. The zero-order chi connectivity index (χ0) is 12.9. The average Bonchev–Trinajstić information content (AvgIpc) is 3.12. The topological polar surface area (TPSA) is 46.3 Å². The number of nitrogens with two attached hydrogens (primary N) is 1. The summed E-state index contributed by atoms with van der Waals surface area (Å²) < 4.78 is 13.4. The van der Waals surface area contributed by atoms with E-state index in [0.29, 0.717) is 30.1 Å². The molecule has 4 heteroatoms. The molecule has 3 rings (SSSR count). The van der Waals surface area contributed by atoms with E-state index in [9.17, 15) is 9.18 Å². The summed E-state index contributed by atoms with van der Waals surface area (Å²) in [4.78, 5) is 13.8. The lowest BCUT2D eigenvalue weighted by atomic mass is 9.85. The van der Waals surface area contributed by atoms with Crippen LogP contribution in [-0.4, -0.2) is 29.4 Å². The number of carbonyl (C=O) groups is 1. The first kappa shape index (κ1) is 11.7. The number of aryl methyl sites for hydroxylation is 1. The van der Waals surface area contributed by atoms with Crippen LogP contribution in [0.1, 0.15) is 28.8 Å². The third-order valence-corrected chi connectivity index (χ3v) is 4.07. The molecule has 0 spiro atoms. The molecule has 0 radical (unpaired) electrons. The Kier molecular flexibility index (Phi) is 2.45. The molecule has 3 nitrogen and oxygen atoms in total. The first-order valence-corrected chi connectivity index (χ1v) is 6.34. The molecule has 1 aromatic carbocycles. The first-order chi connectivity index (χ1) is 8.49. The molecule has 1 saturated heterocycles. The van der Waals surface area contributed by atoms with Crippen molar-refractivity contribution in [1.82, 2.24) is 4.90 Å². The molecule has 0 bridgehead atoms. The fourth-order valence-corrected chi connectivity index (χ4v) is 2.63. The summed E-state index contributed by atoms with van der Waals surface area (Å²) in [5.41, 5.74) is 6.99. The molecule has 96 valence electrons. The van der Waals surface area contributed by atoms with Crippen molar-refractivity contribution in [2.45, 2.75) is 25.3 Å². The Morgan fingerprint density at radius 3 is 2.67 bits per heavy atom. The number of rotatable bonds is 2. The van der Waals surface area contributed by atoms with E-state index in [1.165, 1.54) is 18.9 Å². The summed E-state index contributed by atoms with van der Waals surface area (Å²) in [5, 5.41) is 0. The number of nitrogens with zero attached hydrogens (tertiary/aromatic N) is 1. The molecule has 2 fully saturated rings. The average molecular weight is 248 g/mol. The van der Waals surface area contributed by atoms with Crippen LogP contribution in [0.15, 0.2) is 18.2 Å². The Labute approximate surface area is 106 Å². The molecule has 2 N–H and O–H groups in total.